The van der Waals surface area contributed by atoms with Gasteiger partial charge < -0.3 is 10.2 Å². The van der Waals surface area contributed by atoms with E-state index >= 15 is 0 Å². The van der Waals surface area contributed by atoms with Gasteiger partial charge in [-0.3, -0.25) is 0 Å². The van der Waals surface area contributed by atoms with Crippen molar-refractivity contribution in [2.75, 3.05) is 20.1 Å². The minimum Gasteiger partial charge on any atom is -0.309 e. The largest absolute Gasteiger partial charge is 0.309 e. The predicted octanol–water partition coefficient (Wildman–Crippen LogP) is 2.77. The number of likely N-dealkylation sites (tertiary alicyclic amines) is 1. The highest BCUT2D eigenvalue weighted by molar-refractivity contribution is 9.10. The quantitative estimate of drug-likeness (QED) is 0.923. The van der Waals surface area contributed by atoms with Crippen molar-refractivity contribution < 1.29 is 4.39 Å². The number of piperidine rings is 1. The molecule has 1 aromatic rings. The van der Waals surface area contributed by atoms with E-state index in [1.165, 1.54) is 19.4 Å². The van der Waals surface area contributed by atoms with Crippen LogP contribution in [0.4, 0.5) is 4.39 Å². The van der Waals surface area contributed by atoms with Crippen LogP contribution in [0.5, 0.6) is 0 Å². The molecule has 1 heterocycles. The summed E-state index contributed by atoms with van der Waals surface area (Å²) in [5.41, 5.74) is 0.999. The molecule has 0 bridgehead atoms. The molecule has 2 nitrogen and oxygen atoms in total. The molecule has 0 radical (unpaired) electrons. The molecule has 2 rings (SSSR count). The van der Waals surface area contributed by atoms with E-state index in [4.69, 9.17) is 0 Å². The Morgan fingerprint density at radius 1 is 1.53 bits per heavy atom. The molecule has 1 saturated heterocycles. The Hall–Kier alpha value is -0.450. The van der Waals surface area contributed by atoms with Crippen LogP contribution in [-0.4, -0.2) is 31.1 Å². The van der Waals surface area contributed by atoms with Gasteiger partial charge in [0.15, 0.2) is 0 Å². The third-order valence-corrected chi connectivity index (χ3v) is 3.85. The van der Waals surface area contributed by atoms with Crippen molar-refractivity contribution in [1.82, 2.24) is 10.2 Å². The number of halogens is 2. The summed E-state index contributed by atoms with van der Waals surface area (Å²) in [6, 6.07) is 5.83. The number of nitrogens with zero attached hydrogens (tertiary/aromatic N) is 1. The zero-order valence-electron chi connectivity index (χ0n) is 10.0. The standard InChI is InChI=1S/C13H18BrFN2/c1-17-6-2-3-11(9-17)16-8-10-4-5-12(14)13(15)7-10/h4-5,7,11,16H,2-3,6,8-9H2,1H3. The summed E-state index contributed by atoms with van der Waals surface area (Å²) in [7, 11) is 2.15. The predicted molar refractivity (Wildman–Crippen MR) is 71.5 cm³/mol. The maximum atomic E-state index is 13.3. The first kappa shape index (κ1) is 13.0. The summed E-state index contributed by atoms with van der Waals surface area (Å²) in [5, 5.41) is 3.49. The van der Waals surface area contributed by atoms with Crippen molar-refractivity contribution in [2.24, 2.45) is 0 Å². The molecule has 0 amide bonds. The van der Waals surface area contributed by atoms with Crippen molar-refractivity contribution in [2.45, 2.75) is 25.4 Å². The van der Waals surface area contributed by atoms with E-state index in [2.05, 4.69) is 33.2 Å². The molecular formula is C13H18BrFN2. The number of benzene rings is 1. The van der Waals surface area contributed by atoms with Crippen molar-refractivity contribution >= 4 is 15.9 Å². The molecule has 1 N–H and O–H groups in total. The van der Waals surface area contributed by atoms with Crippen molar-refractivity contribution in [3.05, 3.63) is 34.1 Å². The lowest BCUT2D eigenvalue weighted by atomic mass is 10.1. The number of hydrogen-bond donors (Lipinski definition) is 1. The van der Waals surface area contributed by atoms with E-state index in [0.717, 1.165) is 18.7 Å². The molecule has 1 aliphatic rings. The van der Waals surface area contributed by atoms with Crippen molar-refractivity contribution in [1.29, 1.82) is 0 Å². The smallest absolute Gasteiger partial charge is 0.137 e. The van der Waals surface area contributed by atoms with Crippen molar-refractivity contribution in [3.8, 4) is 0 Å². The van der Waals surface area contributed by atoms with Gasteiger partial charge in [0, 0.05) is 19.1 Å². The lowest BCUT2D eigenvalue weighted by Gasteiger charge is -2.30. The summed E-state index contributed by atoms with van der Waals surface area (Å²) >= 11 is 3.16. The van der Waals surface area contributed by atoms with Crippen LogP contribution in [0.2, 0.25) is 0 Å². The topological polar surface area (TPSA) is 15.3 Å². The number of hydrogen-bond acceptors (Lipinski definition) is 2. The van der Waals surface area contributed by atoms with Crippen LogP contribution < -0.4 is 5.32 Å². The number of rotatable bonds is 3. The summed E-state index contributed by atoms with van der Waals surface area (Å²) in [6.45, 7) is 3.01. The molecule has 1 fully saturated rings. The van der Waals surface area contributed by atoms with Gasteiger partial charge in [-0.25, -0.2) is 4.39 Å². The Morgan fingerprint density at radius 3 is 3.06 bits per heavy atom. The molecule has 0 aromatic heterocycles. The lowest BCUT2D eigenvalue weighted by Crippen LogP contribution is -2.43. The lowest BCUT2D eigenvalue weighted by molar-refractivity contribution is 0.226. The second-order valence-electron chi connectivity index (χ2n) is 4.73. The van der Waals surface area contributed by atoms with Gasteiger partial charge in [-0.05, 0) is 60.1 Å². The van der Waals surface area contributed by atoms with Gasteiger partial charge in [-0.15, -0.1) is 0 Å². The minimum atomic E-state index is -0.190. The van der Waals surface area contributed by atoms with Gasteiger partial charge >= 0.3 is 0 Å². The van der Waals surface area contributed by atoms with Gasteiger partial charge in [0.2, 0.25) is 0 Å². The summed E-state index contributed by atoms with van der Waals surface area (Å²) in [6.07, 6.45) is 2.45. The van der Waals surface area contributed by atoms with Crippen LogP contribution >= 0.6 is 15.9 Å². The zero-order valence-corrected chi connectivity index (χ0v) is 11.6. The van der Waals surface area contributed by atoms with Crippen molar-refractivity contribution in [3.63, 3.8) is 0 Å². The van der Waals surface area contributed by atoms with E-state index in [-0.39, 0.29) is 5.82 Å². The average molecular weight is 301 g/mol. The van der Waals surface area contributed by atoms with E-state index < -0.39 is 0 Å². The molecular weight excluding hydrogens is 283 g/mol. The molecule has 1 aromatic carbocycles. The summed E-state index contributed by atoms with van der Waals surface area (Å²) in [4.78, 5) is 2.34. The zero-order chi connectivity index (χ0) is 12.3. The molecule has 0 spiro atoms. The second kappa shape index (κ2) is 5.94. The van der Waals surface area contributed by atoms with Gasteiger partial charge in [-0.2, -0.15) is 0 Å². The van der Waals surface area contributed by atoms with Crippen LogP contribution in [-0.2, 0) is 6.54 Å². The first-order valence-electron chi connectivity index (χ1n) is 6.01. The van der Waals surface area contributed by atoms with Gasteiger partial charge in [0.25, 0.3) is 0 Å². The van der Waals surface area contributed by atoms with Crippen LogP contribution in [0.3, 0.4) is 0 Å². The van der Waals surface area contributed by atoms with Gasteiger partial charge in [-0.1, -0.05) is 6.07 Å². The summed E-state index contributed by atoms with van der Waals surface area (Å²) < 4.78 is 13.9. The maximum absolute atomic E-state index is 13.3. The van der Waals surface area contributed by atoms with E-state index in [0.29, 0.717) is 10.5 Å². The second-order valence-corrected chi connectivity index (χ2v) is 5.59. The van der Waals surface area contributed by atoms with E-state index in [1.54, 1.807) is 12.1 Å². The average Bonchev–Trinajstić information content (AvgIpc) is 2.31. The third-order valence-electron chi connectivity index (χ3n) is 3.20. The molecule has 0 saturated carbocycles. The van der Waals surface area contributed by atoms with E-state index in [9.17, 15) is 4.39 Å². The Kier molecular flexibility index (Phi) is 4.54. The SMILES string of the molecule is CN1CCCC(NCc2ccc(Br)c(F)c2)C1. The van der Waals surface area contributed by atoms with Gasteiger partial charge in [0.05, 0.1) is 4.47 Å². The molecule has 1 atom stereocenters. The molecule has 17 heavy (non-hydrogen) atoms. The molecule has 1 aliphatic heterocycles. The van der Waals surface area contributed by atoms with Crippen LogP contribution in [0.25, 0.3) is 0 Å². The molecule has 1 unspecified atom stereocenters. The molecule has 0 aliphatic carbocycles. The van der Waals surface area contributed by atoms with Gasteiger partial charge in [0.1, 0.15) is 5.82 Å². The Labute approximate surface area is 110 Å². The molecule has 94 valence electrons. The van der Waals surface area contributed by atoms with E-state index in [1.807, 2.05) is 6.07 Å². The minimum absolute atomic E-state index is 0.190. The third kappa shape index (κ3) is 3.76. The number of nitrogens with one attached hydrogen (secondary N) is 1. The fourth-order valence-electron chi connectivity index (χ4n) is 2.24. The van der Waals surface area contributed by atoms with Crippen LogP contribution in [0, 0.1) is 5.82 Å². The first-order chi connectivity index (χ1) is 8.15. The highest BCUT2D eigenvalue weighted by Crippen LogP contribution is 2.16. The van der Waals surface area contributed by atoms with Crippen LogP contribution in [0.1, 0.15) is 18.4 Å². The normalized spacial score (nSPS) is 21.7. The highest BCUT2D eigenvalue weighted by atomic mass is 79.9. The summed E-state index contributed by atoms with van der Waals surface area (Å²) in [5.74, 6) is -0.190. The number of likely N-dealkylation sites (N-methyl/N-ethyl adjacent to an activating group) is 1. The Morgan fingerprint density at radius 2 is 2.35 bits per heavy atom. The fraction of sp³-hybridized carbons (Fsp3) is 0.538. The maximum Gasteiger partial charge on any atom is 0.137 e. The monoisotopic (exact) mass is 300 g/mol. The van der Waals surface area contributed by atoms with Crippen LogP contribution in [0.15, 0.2) is 22.7 Å². The highest BCUT2D eigenvalue weighted by Gasteiger charge is 2.16. The first-order valence-corrected chi connectivity index (χ1v) is 6.80. The Bertz CT molecular complexity index is 384. The molecule has 4 heteroatoms. The fourth-order valence-corrected chi connectivity index (χ4v) is 2.49. The Balaban J connectivity index is 1.86.